The summed E-state index contributed by atoms with van der Waals surface area (Å²) >= 11 is 0. The van der Waals surface area contributed by atoms with Gasteiger partial charge in [0.2, 0.25) is 0 Å². The van der Waals surface area contributed by atoms with Crippen molar-refractivity contribution in [3.63, 3.8) is 0 Å². The van der Waals surface area contributed by atoms with Gasteiger partial charge in [-0.2, -0.15) is 0 Å². The highest BCUT2D eigenvalue weighted by molar-refractivity contribution is 5.85. The lowest BCUT2D eigenvalue weighted by atomic mass is 9.99. The van der Waals surface area contributed by atoms with Crippen LogP contribution in [0.4, 0.5) is 0 Å². The van der Waals surface area contributed by atoms with Crippen LogP contribution in [-0.2, 0) is 19.0 Å². The van der Waals surface area contributed by atoms with E-state index in [0.717, 1.165) is 76.2 Å². The minimum atomic E-state index is -1.11. The van der Waals surface area contributed by atoms with E-state index in [1.54, 1.807) is 0 Å². The molecule has 0 aromatic heterocycles. The first-order valence-electron chi connectivity index (χ1n) is 17.7. The molecule has 44 heavy (non-hydrogen) atoms. The van der Waals surface area contributed by atoms with E-state index in [1.165, 1.54) is 44.6 Å². The number of aliphatic hydroxyl groups is 5. The van der Waals surface area contributed by atoms with Crippen molar-refractivity contribution in [2.45, 2.75) is 179 Å². The summed E-state index contributed by atoms with van der Waals surface area (Å²) in [5.41, 5.74) is 0.883. The van der Waals surface area contributed by atoms with Gasteiger partial charge in [0.15, 0.2) is 0 Å². The normalized spacial score (nSPS) is 18.6. The molecule has 0 amide bonds. The van der Waals surface area contributed by atoms with Gasteiger partial charge in [-0.1, -0.05) is 110 Å². The third-order valence-electron chi connectivity index (χ3n) is 8.45. The zero-order valence-corrected chi connectivity index (χ0v) is 27.9. The molecule has 260 valence electrons. The molecular formula is C35H66O9. The molecule has 0 saturated carbocycles. The summed E-state index contributed by atoms with van der Waals surface area (Å²) in [5.74, 6) is -0.312. The van der Waals surface area contributed by atoms with E-state index in [1.807, 2.05) is 6.92 Å². The van der Waals surface area contributed by atoms with E-state index < -0.39 is 30.5 Å². The second-order valence-corrected chi connectivity index (χ2v) is 12.8. The molecule has 0 spiro atoms. The molecule has 1 aliphatic heterocycles. The lowest BCUT2D eigenvalue weighted by Gasteiger charge is -2.20. The standard InChI is InChI=1S/C35H66O9/c1-3-4-5-6-7-10-14-17-20-31(37)24-42-26-33(39)34(40)27-43-25-32(38)21-18-15-12-9-8-11-13-16-19-30(36)22-29-23-35(41)44-28(29)2/h23,28,30-34,36-40H,3-22,24-27H2,1-2H3/t28-,30-,31-,32-,33-,34-/m0/s1. The number of esters is 1. The smallest absolute Gasteiger partial charge is 0.331 e. The maximum absolute atomic E-state index is 11.3. The van der Waals surface area contributed by atoms with Crippen LogP contribution in [0.3, 0.4) is 0 Å². The summed E-state index contributed by atoms with van der Waals surface area (Å²) in [5, 5.41) is 50.6. The summed E-state index contributed by atoms with van der Waals surface area (Å²) in [6.45, 7) is 4.17. The van der Waals surface area contributed by atoms with Gasteiger partial charge < -0.3 is 39.7 Å². The molecule has 0 radical (unpaired) electrons. The largest absolute Gasteiger partial charge is 0.455 e. The Morgan fingerprint density at radius 3 is 1.39 bits per heavy atom. The third kappa shape index (κ3) is 22.4. The van der Waals surface area contributed by atoms with Gasteiger partial charge in [-0.15, -0.1) is 0 Å². The summed E-state index contributed by atoms with van der Waals surface area (Å²) < 4.78 is 15.9. The molecule has 0 aromatic rings. The Morgan fingerprint density at radius 2 is 1.00 bits per heavy atom. The number of ether oxygens (including phenoxy) is 3. The van der Waals surface area contributed by atoms with E-state index in [0.29, 0.717) is 19.3 Å². The minimum Gasteiger partial charge on any atom is -0.455 e. The Kier molecular flexibility index (Phi) is 25.2. The monoisotopic (exact) mass is 630 g/mol. The van der Waals surface area contributed by atoms with Crippen LogP contribution in [0.25, 0.3) is 0 Å². The number of hydrogen-bond acceptors (Lipinski definition) is 9. The molecule has 5 N–H and O–H groups in total. The highest BCUT2D eigenvalue weighted by atomic mass is 16.5. The van der Waals surface area contributed by atoms with Gasteiger partial charge >= 0.3 is 5.97 Å². The zero-order chi connectivity index (χ0) is 32.4. The third-order valence-corrected chi connectivity index (χ3v) is 8.45. The maximum atomic E-state index is 11.3. The van der Waals surface area contributed by atoms with Crippen LogP contribution in [0.15, 0.2) is 11.6 Å². The summed E-state index contributed by atoms with van der Waals surface area (Å²) in [6.07, 6.45) is 18.4. The van der Waals surface area contributed by atoms with Crippen molar-refractivity contribution < 1.29 is 44.5 Å². The molecule has 6 atom stereocenters. The topological polar surface area (TPSA) is 146 Å². The number of unbranched alkanes of at least 4 members (excludes halogenated alkanes) is 14. The lowest BCUT2D eigenvalue weighted by Crippen LogP contribution is -2.36. The fourth-order valence-electron chi connectivity index (χ4n) is 5.52. The van der Waals surface area contributed by atoms with Crippen molar-refractivity contribution in [2.24, 2.45) is 0 Å². The van der Waals surface area contributed by atoms with Crippen LogP contribution in [0.5, 0.6) is 0 Å². The number of hydrogen-bond donors (Lipinski definition) is 5. The molecule has 0 aliphatic carbocycles. The van der Waals surface area contributed by atoms with Crippen LogP contribution in [0, 0.1) is 0 Å². The molecule has 1 aliphatic rings. The predicted molar refractivity (Wildman–Crippen MR) is 173 cm³/mol. The van der Waals surface area contributed by atoms with Gasteiger partial charge in [-0.3, -0.25) is 0 Å². The number of carbonyl (C=O) groups is 1. The maximum Gasteiger partial charge on any atom is 0.331 e. The van der Waals surface area contributed by atoms with Crippen molar-refractivity contribution in [3.05, 3.63) is 11.6 Å². The van der Waals surface area contributed by atoms with Gasteiger partial charge in [0.1, 0.15) is 18.3 Å². The second-order valence-electron chi connectivity index (χ2n) is 12.8. The molecule has 0 fully saturated rings. The van der Waals surface area contributed by atoms with E-state index in [2.05, 4.69) is 6.92 Å². The Labute approximate surface area is 267 Å². The van der Waals surface area contributed by atoms with E-state index in [4.69, 9.17) is 14.2 Å². The number of cyclic esters (lactones) is 1. The Morgan fingerprint density at radius 1 is 0.614 bits per heavy atom. The van der Waals surface area contributed by atoms with Gasteiger partial charge in [0.25, 0.3) is 0 Å². The molecule has 1 heterocycles. The number of carbonyl (C=O) groups excluding carboxylic acids is 1. The fraction of sp³-hybridized carbons (Fsp3) is 0.914. The summed E-state index contributed by atoms with van der Waals surface area (Å²) in [7, 11) is 0. The van der Waals surface area contributed by atoms with Crippen molar-refractivity contribution in [2.75, 3.05) is 26.4 Å². The summed E-state index contributed by atoms with van der Waals surface area (Å²) in [4.78, 5) is 11.3. The molecule has 0 saturated heterocycles. The zero-order valence-electron chi connectivity index (χ0n) is 27.9. The first kappa shape index (κ1) is 41.0. The number of aliphatic hydroxyl groups excluding tert-OH is 5. The van der Waals surface area contributed by atoms with Gasteiger partial charge in [-0.05, 0) is 38.2 Å². The summed E-state index contributed by atoms with van der Waals surface area (Å²) in [6, 6.07) is 0. The van der Waals surface area contributed by atoms with E-state index in [-0.39, 0.29) is 38.5 Å². The number of rotatable bonds is 31. The SMILES string of the molecule is CCCCCCCCCC[C@H](O)COC[C@H](O)[C@@H](O)COC[C@@H](O)CCCCCCCCCC[C@H](O)CC1=CC(=O)O[C@H]1C. The van der Waals surface area contributed by atoms with Crippen LogP contribution in [0.2, 0.25) is 0 Å². The van der Waals surface area contributed by atoms with Crippen molar-refractivity contribution >= 4 is 5.97 Å². The van der Waals surface area contributed by atoms with Crippen LogP contribution < -0.4 is 0 Å². The van der Waals surface area contributed by atoms with Crippen LogP contribution >= 0.6 is 0 Å². The van der Waals surface area contributed by atoms with Crippen LogP contribution in [-0.4, -0.2) is 94.6 Å². The van der Waals surface area contributed by atoms with E-state index >= 15 is 0 Å². The fourth-order valence-corrected chi connectivity index (χ4v) is 5.52. The van der Waals surface area contributed by atoms with Crippen molar-refractivity contribution in [1.82, 2.24) is 0 Å². The van der Waals surface area contributed by atoms with E-state index in [9.17, 15) is 30.3 Å². The highest BCUT2D eigenvalue weighted by Gasteiger charge is 2.23. The Hall–Kier alpha value is -1.07. The molecule has 1 rings (SSSR count). The molecular weight excluding hydrogens is 564 g/mol. The average molecular weight is 631 g/mol. The molecule has 9 nitrogen and oxygen atoms in total. The van der Waals surface area contributed by atoms with Gasteiger partial charge in [0.05, 0.1) is 44.7 Å². The van der Waals surface area contributed by atoms with Gasteiger partial charge in [-0.25, -0.2) is 4.79 Å². The van der Waals surface area contributed by atoms with Crippen LogP contribution in [0.1, 0.15) is 142 Å². The molecule has 0 unspecified atom stereocenters. The quantitative estimate of drug-likeness (QED) is 0.0494. The predicted octanol–water partition coefficient (Wildman–Crippen LogP) is 5.52. The molecule has 9 heteroatoms. The molecule has 0 aromatic carbocycles. The highest BCUT2D eigenvalue weighted by Crippen LogP contribution is 2.22. The molecule has 0 bridgehead atoms. The van der Waals surface area contributed by atoms with Crippen molar-refractivity contribution in [1.29, 1.82) is 0 Å². The van der Waals surface area contributed by atoms with Gasteiger partial charge in [0, 0.05) is 6.08 Å². The average Bonchev–Trinajstić information content (AvgIpc) is 3.30. The lowest BCUT2D eigenvalue weighted by molar-refractivity contribution is -0.138. The minimum absolute atomic E-state index is 0.0691. The first-order valence-corrected chi connectivity index (χ1v) is 17.7. The Bertz CT molecular complexity index is 716. The second kappa shape index (κ2) is 27.1. The first-order chi connectivity index (χ1) is 21.2. The Balaban J connectivity index is 1.89. The van der Waals surface area contributed by atoms with Crippen molar-refractivity contribution in [3.8, 4) is 0 Å².